The average molecular weight is 637 g/mol. The molecule has 0 amide bonds. The third-order valence-electron chi connectivity index (χ3n) is 8.03. The van der Waals surface area contributed by atoms with Gasteiger partial charge in [0.25, 0.3) is 5.60 Å². The van der Waals surface area contributed by atoms with E-state index in [1.165, 1.54) is 19.2 Å². The molecule has 0 bridgehead atoms. The zero-order valence-corrected chi connectivity index (χ0v) is 23.8. The van der Waals surface area contributed by atoms with Gasteiger partial charge in [-0.15, -0.1) is 0 Å². The number of sulfone groups is 1. The van der Waals surface area contributed by atoms with Crippen molar-refractivity contribution in [2.24, 2.45) is 0 Å². The van der Waals surface area contributed by atoms with E-state index in [2.05, 4.69) is 4.74 Å². The minimum Gasteiger partial charge on any atom is -0.381 e. The lowest BCUT2D eigenvalue weighted by atomic mass is 9.80. The lowest BCUT2D eigenvalue weighted by Crippen LogP contribution is -2.56. The Morgan fingerprint density at radius 2 is 1.33 bits per heavy atom. The molecular weight excluding hydrogens is 608 g/mol. The molecule has 0 unspecified atom stereocenters. The Morgan fingerprint density at radius 1 is 0.814 bits per heavy atom. The first-order chi connectivity index (χ1) is 20.0. The highest BCUT2D eigenvalue weighted by Crippen LogP contribution is 2.54. The normalized spacial score (nSPS) is 20.3. The summed E-state index contributed by atoms with van der Waals surface area (Å²) in [7, 11) is -2.74. The lowest BCUT2D eigenvalue weighted by molar-refractivity contribution is -0.392. The number of rotatable bonds is 8. The minimum absolute atomic E-state index is 0.00614. The van der Waals surface area contributed by atoms with E-state index < -0.39 is 61.9 Å². The summed E-state index contributed by atoms with van der Waals surface area (Å²) in [5.41, 5.74) is -6.75. The molecule has 1 aliphatic rings. The second kappa shape index (κ2) is 11.8. The summed E-state index contributed by atoms with van der Waals surface area (Å²) in [4.78, 5) is -0.0479. The van der Waals surface area contributed by atoms with Gasteiger partial charge >= 0.3 is 12.4 Å². The van der Waals surface area contributed by atoms with Crippen molar-refractivity contribution in [3.63, 3.8) is 0 Å². The first-order valence-electron chi connectivity index (χ1n) is 13.2. The predicted octanol–water partition coefficient (Wildman–Crippen LogP) is 8.07. The van der Waals surface area contributed by atoms with E-state index in [4.69, 9.17) is 4.74 Å². The van der Waals surface area contributed by atoms with Crippen LogP contribution in [-0.4, -0.2) is 34.0 Å². The predicted molar refractivity (Wildman–Crippen MR) is 141 cm³/mol. The molecule has 1 saturated carbocycles. The van der Waals surface area contributed by atoms with Crippen molar-refractivity contribution in [3.8, 4) is 0 Å². The van der Waals surface area contributed by atoms with Gasteiger partial charge in [-0.05, 0) is 62.4 Å². The first kappa shape index (κ1) is 32.9. The fourth-order valence-electron chi connectivity index (χ4n) is 5.54. The molecular formula is C30H28F8O4S. The topological polar surface area (TPSA) is 52.6 Å². The maximum absolute atomic E-state index is 14.4. The summed E-state index contributed by atoms with van der Waals surface area (Å²) in [5.74, 6) is -2.77. The van der Waals surface area contributed by atoms with Crippen LogP contribution in [0.1, 0.15) is 47.9 Å². The fourth-order valence-corrected chi connectivity index (χ4v) is 7.71. The van der Waals surface area contributed by atoms with Gasteiger partial charge in [-0.2, -0.15) is 26.3 Å². The van der Waals surface area contributed by atoms with E-state index >= 15 is 0 Å². The smallest absolute Gasteiger partial charge is 0.381 e. The SMILES string of the molecule is COC1CCC(c2ccc(C(OCc3c(F)cccc3F)(C(F)(F)F)C(F)(F)F)cc2)(S(=O)(=O)c2ccc(C)cc2)CC1. The summed E-state index contributed by atoms with van der Waals surface area (Å²) in [6.07, 6.45) is -12.0. The standard InChI is InChI=1S/C30H28F8O4S/c1-19-6-12-23(13-7-19)43(39,40)27(16-14-22(41-2)15-17-27)20-8-10-21(11-9-20)28(29(33,34)35,30(36,37)38)42-18-24-25(31)4-3-5-26(24)32/h3-13,22H,14-18H2,1-2H3. The molecule has 3 aromatic rings. The first-order valence-corrected chi connectivity index (χ1v) is 14.6. The zero-order chi connectivity index (χ0) is 31.8. The third kappa shape index (κ3) is 5.78. The molecule has 43 heavy (non-hydrogen) atoms. The number of hydrogen-bond acceptors (Lipinski definition) is 4. The van der Waals surface area contributed by atoms with Gasteiger partial charge in [-0.3, -0.25) is 0 Å². The minimum atomic E-state index is -6.13. The van der Waals surface area contributed by atoms with Crippen LogP contribution in [0.15, 0.2) is 71.6 Å². The number of ether oxygens (including phenoxy) is 2. The van der Waals surface area contributed by atoms with Gasteiger partial charge in [0.1, 0.15) is 16.4 Å². The van der Waals surface area contributed by atoms with Crippen molar-refractivity contribution in [1.82, 2.24) is 0 Å². The Hall–Kier alpha value is -3.03. The summed E-state index contributed by atoms with van der Waals surface area (Å²) < 4.78 is 151. The monoisotopic (exact) mass is 636 g/mol. The Bertz CT molecular complexity index is 1490. The van der Waals surface area contributed by atoms with Crippen molar-refractivity contribution < 1.29 is 53.0 Å². The number of halogens is 8. The van der Waals surface area contributed by atoms with Gasteiger partial charge in [-0.25, -0.2) is 17.2 Å². The Labute approximate surface area is 243 Å². The summed E-state index contributed by atoms with van der Waals surface area (Å²) in [6.45, 7) is 0.0638. The van der Waals surface area contributed by atoms with Crippen LogP contribution in [0, 0.1) is 18.6 Å². The highest BCUT2D eigenvalue weighted by atomic mass is 32.2. The summed E-state index contributed by atoms with van der Waals surface area (Å²) >= 11 is 0. The molecule has 4 rings (SSSR count). The molecule has 3 aromatic carbocycles. The van der Waals surface area contributed by atoms with Gasteiger partial charge in [0.05, 0.1) is 17.6 Å². The molecule has 0 N–H and O–H groups in total. The molecule has 1 fully saturated rings. The van der Waals surface area contributed by atoms with Crippen LogP contribution < -0.4 is 0 Å². The van der Waals surface area contributed by atoms with Gasteiger partial charge < -0.3 is 9.47 Å². The highest BCUT2D eigenvalue weighted by molar-refractivity contribution is 7.92. The van der Waals surface area contributed by atoms with Crippen molar-refractivity contribution >= 4 is 9.84 Å². The average Bonchev–Trinajstić information content (AvgIpc) is 2.93. The second-order valence-electron chi connectivity index (χ2n) is 10.5. The maximum Gasteiger partial charge on any atom is 0.430 e. The molecule has 4 nitrogen and oxygen atoms in total. The molecule has 0 spiro atoms. The van der Waals surface area contributed by atoms with Crippen molar-refractivity contribution in [2.75, 3.05) is 7.11 Å². The van der Waals surface area contributed by atoms with E-state index in [-0.39, 0.29) is 42.2 Å². The molecule has 234 valence electrons. The van der Waals surface area contributed by atoms with Crippen LogP contribution in [0.4, 0.5) is 35.1 Å². The van der Waals surface area contributed by atoms with Gasteiger partial charge in [0.15, 0.2) is 9.84 Å². The molecule has 0 aromatic heterocycles. The third-order valence-corrected chi connectivity index (χ3v) is 10.6. The fraction of sp³-hybridized carbons (Fsp3) is 0.400. The van der Waals surface area contributed by atoms with Crippen LogP contribution in [0.25, 0.3) is 0 Å². The summed E-state index contributed by atoms with van der Waals surface area (Å²) in [5, 5.41) is 0. The van der Waals surface area contributed by atoms with Crippen LogP contribution in [0.5, 0.6) is 0 Å². The molecule has 0 saturated heterocycles. The Morgan fingerprint density at radius 3 is 1.79 bits per heavy atom. The van der Waals surface area contributed by atoms with E-state index in [0.717, 1.165) is 23.8 Å². The van der Waals surface area contributed by atoms with Crippen molar-refractivity contribution in [2.45, 2.75) is 72.9 Å². The van der Waals surface area contributed by atoms with E-state index in [9.17, 15) is 43.5 Å². The maximum atomic E-state index is 14.4. The van der Waals surface area contributed by atoms with Crippen molar-refractivity contribution in [1.29, 1.82) is 0 Å². The van der Waals surface area contributed by atoms with Crippen LogP contribution in [-0.2, 0) is 36.3 Å². The van der Waals surface area contributed by atoms with Gasteiger partial charge in [0.2, 0.25) is 0 Å². The lowest BCUT2D eigenvalue weighted by Gasteiger charge is -2.40. The van der Waals surface area contributed by atoms with Crippen LogP contribution in [0.2, 0.25) is 0 Å². The van der Waals surface area contributed by atoms with Crippen LogP contribution in [0.3, 0.4) is 0 Å². The van der Waals surface area contributed by atoms with E-state index in [0.29, 0.717) is 24.3 Å². The molecule has 13 heteroatoms. The largest absolute Gasteiger partial charge is 0.430 e. The Kier molecular flexibility index (Phi) is 9.03. The molecule has 1 aliphatic carbocycles. The van der Waals surface area contributed by atoms with Crippen LogP contribution >= 0.6 is 0 Å². The number of aryl methyl sites for hydroxylation is 1. The highest BCUT2D eigenvalue weighted by Gasteiger charge is 2.73. The Balaban J connectivity index is 1.84. The molecule has 0 heterocycles. The number of hydrogen-bond donors (Lipinski definition) is 0. The number of alkyl halides is 6. The van der Waals surface area contributed by atoms with Gasteiger partial charge in [0, 0.05) is 18.2 Å². The molecule has 0 atom stereocenters. The van der Waals surface area contributed by atoms with Crippen molar-refractivity contribution in [3.05, 3.63) is 101 Å². The van der Waals surface area contributed by atoms with E-state index in [1.807, 2.05) is 0 Å². The van der Waals surface area contributed by atoms with E-state index in [1.54, 1.807) is 19.1 Å². The molecule has 0 aliphatic heterocycles. The number of benzene rings is 3. The summed E-state index contributed by atoms with van der Waals surface area (Å²) in [6, 6.07) is 11.0. The van der Waals surface area contributed by atoms with Gasteiger partial charge in [-0.1, -0.05) is 48.0 Å². The molecule has 0 radical (unpaired) electrons. The number of methoxy groups -OCH3 is 1. The zero-order valence-electron chi connectivity index (χ0n) is 23.0. The second-order valence-corrected chi connectivity index (χ2v) is 12.7. The quantitative estimate of drug-likeness (QED) is 0.235.